The van der Waals surface area contributed by atoms with Gasteiger partial charge in [0.25, 0.3) is 5.91 Å². The molecule has 1 aliphatic rings. The van der Waals surface area contributed by atoms with E-state index in [1.807, 2.05) is 0 Å². The van der Waals surface area contributed by atoms with Gasteiger partial charge < -0.3 is 10.1 Å². The third-order valence-electron chi connectivity index (χ3n) is 3.94. The SMILES string of the molecule is CC=CC(=O)OCC(=O)Nc1cc2c(cc1Cl)C(=O)c1ccccc1C2=O. The number of fused-ring (bicyclic) bond motifs is 2. The molecule has 1 N–H and O–H groups in total. The topological polar surface area (TPSA) is 89.5 Å². The first kappa shape index (κ1) is 18.5. The van der Waals surface area contributed by atoms with Gasteiger partial charge in [-0.05, 0) is 19.1 Å². The molecular formula is C20H14ClNO5. The minimum Gasteiger partial charge on any atom is -0.452 e. The molecule has 2 aromatic carbocycles. The Bertz CT molecular complexity index is 1010. The first-order valence-electron chi connectivity index (χ1n) is 8.03. The second-order valence-corrected chi connectivity index (χ2v) is 6.14. The molecule has 0 atom stereocenters. The van der Waals surface area contributed by atoms with Gasteiger partial charge in [0, 0.05) is 28.3 Å². The van der Waals surface area contributed by atoms with Crippen molar-refractivity contribution in [2.45, 2.75) is 6.92 Å². The number of hydrogen-bond acceptors (Lipinski definition) is 5. The van der Waals surface area contributed by atoms with Crippen molar-refractivity contribution in [2.24, 2.45) is 0 Å². The van der Waals surface area contributed by atoms with Gasteiger partial charge in [0.1, 0.15) is 0 Å². The normalized spacial score (nSPS) is 12.5. The number of halogens is 1. The molecule has 0 unspecified atom stereocenters. The maximum Gasteiger partial charge on any atom is 0.330 e. The Morgan fingerprint density at radius 1 is 1.04 bits per heavy atom. The largest absolute Gasteiger partial charge is 0.452 e. The molecule has 27 heavy (non-hydrogen) atoms. The van der Waals surface area contributed by atoms with E-state index in [2.05, 4.69) is 5.32 Å². The monoisotopic (exact) mass is 383 g/mol. The molecule has 6 nitrogen and oxygen atoms in total. The van der Waals surface area contributed by atoms with E-state index in [4.69, 9.17) is 16.3 Å². The first-order chi connectivity index (χ1) is 12.9. The van der Waals surface area contributed by atoms with Crippen LogP contribution in [0.15, 0.2) is 48.6 Å². The molecule has 2 aromatic rings. The number of amides is 1. The number of allylic oxidation sites excluding steroid dienone is 1. The van der Waals surface area contributed by atoms with E-state index in [9.17, 15) is 19.2 Å². The van der Waals surface area contributed by atoms with Crippen LogP contribution in [0.25, 0.3) is 0 Å². The summed E-state index contributed by atoms with van der Waals surface area (Å²) in [6.45, 7) is 1.14. The van der Waals surface area contributed by atoms with Crippen LogP contribution in [-0.4, -0.2) is 30.0 Å². The Kier molecular flexibility index (Phi) is 5.19. The highest BCUT2D eigenvalue weighted by Crippen LogP contribution is 2.33. The highest BCUT2D eigenvalue weighted by atomic mass is 35.5. The molecule has 3 rings (SSSR count). The van der Waals surface area contributed by atoms with Crippen LogP contribution in [0.1, 0.15) is 38.8 Å². The highest BCUT2D eigenvalue weighted by Gasteiger charge is 2.30. The number of rotatable bonds is 4. The lowest BCUT2D eigenvalue weighted by molar-refractivity contribution is -0.142. The van der Waals surface area contributed by atoms with Crippen molar-refractivity contribution in [2.75, 3.05) is 11.9 Å². The number of carbonyl (C=O) groups excluding carboxylic acids is 4. The van der Waals surface area contributed by atoms with Crippen LogP contribution in [0.4, 0.5) is 5.69 Å². The Hall–Kier alpha value is -3.25. The van der Waals surface area contributed by atoms with Crippen molar-refractivity contribution < 1.29 is 23.9 Å². The third kappa shape index (κ3) is 3.66. The van der Waals surface area contributed by atoms with E-state index in [1.54, 1.807) is 31.2 Å². The fourth-order valence-corrected chi connectivity index (χ4v) is 2.93. The molecule has 0 fully saturated rings. The van der Waals surface area contributed by atoms with Gasteiger partial charge in [0.05, 0.1) is 10.7 Å². The second kappa shape index (κ2) is 7.55. The van der Waals surface area contributed by atoms with E-state index >= 15 is 0 Å². The summed E-state index contributed by atoms with van der Waals surface area (Å²) in [5.41, 5.74) is 1.11. The minimum absolute atomic E-state index is 0.0995. The molecule has 0 saturated carbocycles. The van der Waals surface area contributed by atoms with E-state index in [0.717, 1.165) is 0 Å². The van der Waals surface area contributed by atoms with Gasteiger partial charge in [-0.3, -0.25) is 14.4 Å². The van der Waals surface area contributed by atoms with Gasteiger partial charge in [-0.25, -0.2) is 4.79 Å². The third-order valence-corrected chi connectivity index (χ3v) is 4.25. The summed E-state index contributed by atoms with van der Waals surface area (Å²) in [7, 11) is 0. The number of benzene rings is 2. The number of ether oxygens (including phenoxy) is 1. The van der Waals surface area contributed by atoms with Crippen LogP contribution >= 0.6 is 11.6 Å². The van der Waals surface area contributed by atoms with Gasteiger partial charge in [-0.2, -0.15) is 0 Å². The van der Waals surface area contributed by atoms with Crippen molar-refractivity contribution in [3.63, 3.8) is 0 Å². The van der Waals surface area contributed by atoms with Crippen LogP contribution in [0.2, 0.25) is 5.02 Å². The number of hydrogen-bond donors (Lipinski definition) is 1. The zero-order valence-electron chi connectivity index (χ0n) is 14.2. The Morgan fingerprint density at radius 2 is 1.63 bits per heavy atom. The number of ketones is 2. The second-order valence-electron chi connectivity index (χ2n) is 5.74. The summed E-state index contributed by atoms with van der Waals surface area (Å²) in [5, 5.41) is 2.58. The molecule has 0 saturated heterocycles. The number of esters is 1. The van der Waals surface area contributed by atoms with E-state index in [0.29, 0.717) is 11.1 Å². The van der Waals surface area contributed by atoms with Crippen LogP contribution in [0.5, 0.6) is 0 Å². The maximum atomic E-state index is 12.7. The fraction of sp³-hybridized carbons (Fsp3) is 0.100. The lowest BCUT2D eigenvalue weighted by Crippen LogP contribution is -2.23. The lowest BCUT2D eigenvalue weighted by atomic mass is 9.84. The molecule has 0 spiro atoms. The molecule has 0 bridgehead atoms. The van der Waals surface area contributed by atoms with Gasteiger partial charge >= 0.3 is 5.97 Å². The van der Waals surface area contributed by atoms with Crippen LogP contribution in [0, 0.1) is 0 Å². The van der Waals surface area contributed by atoms with E-state index in [1.165, 1.54) is 24.3 Å². The summed E-state index contributed by atoms with van der Waals surface area (Å²) < 4.78 is 4.75. The van der Waals surface area contributed by atoms with Crippen LogP contribution in [-0.2, 0) is 14.3 Å². The maximum absolute atomic E-state index is 12.7. The van der Waals surface area contributed by atoms with Crippen molar-refractivity contribution in [1.82, 2.24) is 0 Å². The average Bonchev–Trinajstić information content (AvgIpc) is 2.66. The standard InChI is InChI=1S/C20H14ClNO5/c1-2-5-18(24)27-10-17(23)22-16-9-14-13(8-15(16)21)19(25)11-6-3-4-7-12(11)20(14)26/h2-9H,10H2,1H3,(H,22,23). The summed E-state index contributed by atoms with van der Waals surface area (Å²) >= 11 is 6.16. The number of carbonyl (C=O) groups is 4. The summed E-state index contributed by atoms with van der Waals surface area (Å²) in [5.74, 6) is -1.90. The zero-order valence-corrected chi connectivity index (χ0v) is 15.0. The molecule has 1 aliphatic carbocycles. The predicted molar refractivity (Wildman–Crippen MR) is 99.2 cm³/mol. The Morgan fingerprint density at radius 3 is 2.22 bits per heavy atom. The molecular weight excluding hydrogens is 370 g/mol. The van der Waals surface area contributed by atoms with Gasteiger partial charge in [0.2, 0.25) is 0 Å². The van der Waals surface area contributed by atoms with Crippen LogP contribution < -0.4 is 5.32 Å². The molecule has 0 radical (unpaired) electrons. The highest BCUT2D eigenvalue weighted by molar-refractivity contribution is 6.36. The van der Waals surface area contributed by atoms with Crippen molar-refractivity contribution in [3.8, 4) is 0 Å². The summed E-state index contributed by atoms with van der Waals surface area (Å²) in [6, 6.07) is 9.23. The number of nitrogens with one attached hydrogen (secondary N) is 1. The fourth-order valence-electron chi connectivity index (χ4n) is 2.72. The molecule has 1 amide bonds. The van der Waals surface area contributed by atoms with Crippen LogP contribution in [0.3, 0.4) is 0 Å². The first-order valence-corrected chi connectivity index (χ1v) is 8.41. The molecule has 136 valence electrons. The molecule has 0 aliphatic heterocycles. The number of anilines is 1. The predicted octanol–water partition coefficient (Wildman–Crippen LogP) is 3.17. The zero-order chi connectivity index (χ0) is 19.6. The van der Waals surface area contributed by atoms with Crippen molar-refractivity contribution in [3.05, 3.63) is 75.8 Å². The lowest BCUT2D eigenvalue weighted by Gasteiger charge is -2.19. The minimum atomic E-state index is -0.651. The molecule has 0 heterocycles. The van der Waals surface area contributed by atoms with Gasteiger partial charge in [-0.15, -0.1) is 0 Å². The quantitative estimate of drug-likeness (QED) is 0.552. The average molecular weight is 384 g/mol. The Labute approximate surface area is 159 Å². The van der Waals surface area contributed by atoms with E-state index < -0.39 is 18.5 Å². The van der Waals surface area contributed by atoms with Crippen molar-refractivity contribution in [1.29, 1.82) is 0 Å². The molecule has 0 aromatic heterocycles. The van der Waals surface area contributed by atoms with Gasteiger partial charge in [-0.1, -0.05) is 41.9 Å². The smallest absolute Gasteiger partial charge is 0.330 e. The van der Waals surface area contributed by atoms with E-state index in [-0.39, 0.29) is 33.4 Å². The molecule has 7 heteroatoms. The van der Waals surface area contributed by atoms with Crippen molar-refractivity contribution >= 4 is 40.7 Å². The summed E-state index contributed by atoms with van der Waals surface area (Å²) in [4.78, 5) is 48.5. The van der Waals surface area contributed by atoms with Gasteiger partial charge in [0.15, 0.2) is 18.2 Å². The summed E-state index contributed by atoms with van der Waals surface area (Å²) in [6.07, 6.45) is 2.67. The Balaban J connectivity index is 1.86.